The maximum absolute atomic E-state index is 11.9. The number of para-hydroxylation sites is 1. The summed E-state index contributed by atoms with van der Waals surface area (Å²) < 4.78 is 25.5. The van der Waals surface area contributed by atoms with Gasteiger partial charge in [-0.2, -0.15) is 0 Å². The van der Waals surface area contributed by atoms with E-state index in [4.69, 9.17) is 0 Å². The minimum Gasteiger partial charge on any atom is -0.311 e. The molecule has 1 N–H and O–H groups in total. The number of benzene rings is 1. The van der Waals surface area contributed by atoms with E-state index in [-0.39, 0.29) is 24.1 Å². The van der Waals surface area contributed by atoms with E-state index in [0.29, 0.717) is 6.54 Å². The molecule has 0 spiro atoms. The molecule has 1 unspecified atom stereocenters. The van der Waals surface area contributed by atoms with Gasteiger partial charge in [-0.25, -0.2) is 13.1 Å². The Balaban J connectivity index is 2.08. The summed E-state index contributed by atoms with van der Waals surface area (Å²) in [5, 5.41) is 0. The van der Waals surface area contributed by atoms with Gasteiger partial charge in [0, 0.05) is 24.7 Å². The number of sulfonamides is 1. The Bertz CT molecular complexity index is 528. The van der Waals surface area contributed by atoms with Crippen LogP contribution in [0.5, 0.6) is 0 Å². The van der Waals surface area contributed by atoms with Gasteiger partial charge in [-0.15, -0.1) is 0 Å². The number of hydrogen-bond acceptors (Lipinski definition) is 3. The molecule has 0 aliphatic carbocycles. The van der Waals surface area contributed by atoms with Gasteiger partial charge >= 0.3 is 0 Å². The topological polar surface area (TPSA) is 66.5 Å². The van der Waals surface area contributed by atoms with Gasteiger partial charge in [-0.1, -0.05) is 18.2 Å². The first kappa shape index (κ1) is 13.0. The van der Waals surface area contributed by atoms with Crippen molar-refractivity contribution in [2.24, 2.45) is 0 Å². The van der Waals surface area contributed by atoms with Crippen LogP contribution >= 0.6 is 0 Å². The van der Waals surface area contributed by atoms with Crippen molar-refractivity contribution in [3.8, 4) is 0 Å². The monoisotopic (exact) mass is 268 g/mol. The Morgan fingerprint density at radius 3 is 2.61 bits per heavy atom. The van der Waals surface area contributed by atoms with E-state index in [1.54, 1.807) is 11.8 Å². The Labute approximate surface area is 107 Å². The quantitative estimate of drug-likeness (QED) is 0.875. The molecule has 1 aliphatic rings. The number of carbonyl (C=O) groups excluding carboxylic acids is 1. The van der Waals surface area contributed by atoms with Gasteiger partial charge in [0.25, 0.3) is 0 Å². The standard InChI is InChI=1S/C12H16N2O3S/c1-2-18(16,17)13-10-8-12(15)14(9-10)11-6-4-3-5-7-11/h3-7,10,13H,2,8-9H2,1H3. The van der Waals surface area contributed by atoms with Crippen molar-refractivity contribution in [2.45, 2.75) is 19.4 Å². The maximum Gasteiger partial charge on any atom is 0.228 e. The predicted octanol–water partition coefficient (Wildman–Crippen LogP) is 0.731. The zero-order valence-electron chi connectivity index (χ0n) is 10.2. The minimum atomic E-state index is -3.26. The molecule has 1 heterocycles. The number of amides is 1. The second-order valence-corrected chi connectivity index (χ2v) is 6.30. The molecule has 0 aromatic heterocycles. The number of nitrogens with one attached hydrogen (secondary N) is 1. The van der Waals surface area contributed by atoms with Crippen molar-refractivity contribution in [3.05, 3.63) is 30.3 Å². The van der Waals surface area contributed by atoms with Crippen LogP contribution in [0.1, 0.15) is 13.3 Å². The van der Waals surface area contributed by atoms with Gasteiger partial charge < -0.3 is 4.90 Å². The van der Waals surface area contributed by atoms with E-state index in [1.807, 2.05) is 30.3 Å². The van der Waals surface area contributed by atoms with E-state index >= 15 is 0 Å². The van der Waals surface area contributed by atoms with Crippen LogP contribution in [0.4, 0.5) is 5.69 Å². The lowest BCUT2D eigenvalue weighted by molar-refractivity contribution is -0.117. The van der Waals surface area contributed by atoms with Crippen molar-refractivity contribution in [2.75, 3.05) is 17.2 Å². The van der Waals surface area contributed by atoms with E-state index in [1.165, 1.54) is 0 Å². The van der Waals surface area contributed by atoms with Crippen molar-refractivity contribution in [1.29, 1.82) is 0 Å². The van der Waals surface area contributed by atoms with Crippen LogP contribution in [0.2, 0.25) is 0 Å². The molecule has 1 amide bonds. The molecule has 0 bridgehead atoms. The van der Waals surface area contributed by atoms with Crippen LogP contribution in [-0.2, 0) is 14.8 Å². The van der Waals surface area contributed by atoms with E-state index in [2.05, 4.69) is 4.72 Å². The predicted molar refractivity (Wildman–Crippen MR) is 69.8 cm³/mol. The largest absolute Gasteiger partial charge is 0.311 e. The molecule has 0 saturated carbocycles. The fourth-order valence-corrected chi connectivity index (χ4v) is 2.81. The number of carbonyl (C=O) groups is 1. The summed E-state index contributed by atoms with van der Waals surface area (Å²) in [5.74, 6) is -0.0201. The maximum atomic E-state index is 11.9. The molecular formula is C12H16N2O3S. The molecule has 18 heavy (non-hydrogen) atoms. The van der Waals surface area contributed by atoms with Gasteiger partial charge in [0.2, 0.25) is 15.9 Å². The number of rotatable bonds is 4. The fourth-order valence-electron chi connectivity index (χ4n) is 1.98. The van der Waals surface area contributed by atoms with Crippen LogP contribution < -0.4 is 9.62 Å². The van der Waals surface area contributed by atoms with Gasteiger partial charge in [-0.3, -0.25) is 4.79 Å². The Hall–Kier alpha value is -1.40. The van der Waals surface area contributed by atoms with E-state index in [0.717, 1.165) is 5.69 Å². The summed E-state index contributed by atoms with van der Waals surface area (Å²) in [6, 6.07) is 8.94. The average Bonchev–Trinajstić information content (AvgIpc) is 2.70. The minimum absolute atomic E-state index is 0.0308. The third-order valence-electron chi connectivity index (χ3n) is 2.92. The Morgan fingerprint density at radius 2 is 2.00 bits per heavy atom. The highest BCUT2D eigenvalue weighted by atomic mass is 32.2. The van der Waals surface area contributed by atoms with Crippen molar-refractivity contribution < 1.29 is 13.2 Å². The molecule has 6 heteroatoms. The first-order valence-electron chi connectivity index (χ1n) is 5.87. The summed E-state index contributed by atoms with van der Waals surface area (Å²) in [5.41, 5.74) is 0.806. The molecule has 1 aliphatic heterocycles. The highest BCUT2D eigenvalue weighted by Gasteiger charge is 2.32. The normalized spacial score (nSPS) is 20.4. The highest BCUT2D eigenvalue weighted by Crippen LogP contribution is 2.21. The number of nitrogens with zero attached hydrogens (tertiary/aromatic N) is 1. The van der Waals surface area contributed by atoms with Crippen LogP contribution in [0.15, 0.2) is 30.3 Å². The van der Waals surface area contributed by atoms with Crippen LogP contribution in [0.25, 0.3) is 0 Å². The molecule has 5 nitrogen and oxygen atoms in total. The van der Waals surface area contributed by atoms with E-state index in [9.17, 15) is 13.2 Å². The zero-order valence-corrected chi connectivity index (χ0v) is 11.0. The molecule has 1 aromatic rings. The first-order chi connectivity index (χ1) is 8.52. The number of hydrogen-bond donors (Lipinski definition) is 1. The molecule has 1 atom stereocenters. The molecule has 0 radical (unpaired) electrons. The lowest BCUT2D eigenvalue weighted by atomic mass is 10.3. The highest BCUT2D eigenvalue weighted by molar-refractivity contribution is 7.89. The second-order valence-electron chi connectivity index (χ2n) is 4.26. The lowest BCUT2D eigenvalue weighted by Crippen LogP contribution is -2.37. The third-order valence-corrected chi connectivity index (χ3v) is 4.37. The van der Waals surface area contributed by atoms with Crippen LogP contribution in [-0.4, -0.2) is 32.7 Å². The van der Waals surface area contributed by atoms with Crippen LogP contribution in [0, 0.1) is 0 Å². The number of anilines is 1. The van der Waals surface area contributed by atoms with Gasteiger partial charge in [-0.05, 0) is 19.1 Å². The second kappa shape index (κ2) is 5.07. The van der Waals surface area contributed by atoms with E-state index < -0.39 is 10.0 Å². The lowest BCUT2D eigenvalue weighted by Gasteiger charge is -2.16. The van der Waals surface area contributed by atoms with Crippen molar-refractivity contribution in [3.63, 3.8) is 0 Å². The molecular weight excluding hydrogens is 252 g/mol. The fraction of sp³-hybridized carbons (Fsp3) is 0.417. The molecule has 1 fully saturated rings. The van der Waals surface area contributed by atoms with Crippen molar-refractivity contribution in [1.82, 2.24) is 4.72 Å². The van der Waals surface area contributed by atoms with Gasteiger partial charge in [0.05, 0.1) is 5.75 Å². The van der Waals surface area contributed by atoms with Gasteiger partial charge in [0.1, 0.15) is 0 Å². The summed E-state index contributed by atoms with van der Waals surface area (Å²) in [6.45, 7) is 1.97. The molecule has 1 aromatic carbocycles. The zero-order chi connectivity index (χ0) is 13.2. The smallest absolute Gasteiger partial charge is 0.228 e. The summed E-state index contributed by atoms with van der Waals surface area (Å²) in [7, 11) is -3.26. The third kappa shape index (κ3) is 2.88. The molecule has 1 saturated heterocycles. The van der Waals surface area contributed by atoms with Gasteiger partial charge in [0.15, 0.2) is 0 Å². The molecule has 98 valence electrons. The molecule has 2 rings (SSSR count). The average molecular weight is 268 g/mol. The summed E-state index contributed by atoms with van der Waals surface area (Å²) >= 11 is 0. The first-order valence-corrected chi connectivity index (χ1v) is 7.52. The SMILES string of the molecule is CCS(=O)(=O)NC1CC(=O)N(c2ccccc2)C1. The Morgan fingerprint density at radius 1 is 1.33 bits per heavy atom. The van der Waals surface area contributed by atoms with Crippen LogP contribution in [0.3, 0.4) is 0 Å². The summed E-state index contributed by atoms with van der Waals surface area (Å²) in [6.07, 6.45) is 0.216. The summed E-state index contributed by atoms with van der Waals surface area (Å²) in [4.78, 5) is 13.5. The van der Waals surface area contributed by atoms with Crippen molar-refractivity contribution >= 4 is 21.6 Å². The Kier molecular flexibility index (Phi) is 3.68.